The number of rotatable bonds is 2. The molecule has 100 valence electrons. The van der Waals surface area contributed by atoms with Gasteiger partial charge in [-0.05, 0) is 18.2 Å². The molecule has 0 bridgehead atoms. The third-order valence-corrected chi connectivity index (χ3v) is 3.30. The lowest BCUT2D eigenvalue weighted by Gasteiger charge is -2.09. The van der Waals surface area contributed by atoms with Crippen molar-refractivity contribution in [2.75, 3.05) is 0 Å². The van der Waals surface area contributed by atoms with Crippen molar-refractivity contribution in [2.45, 2.75) is 0 Å². The lowest BCUT2D eigenvalue weighted by molar-refractivity contribution is 0.427. The van der Waals surface area contributed by atoms with Crippen molar-refractivity contribution in [1.82, 2.24) is 10.2 Å². The zero-order chi connectivity index (χ0) is 14.1. The van der Waals surface area contributed by atoms with Gasteiger partial charge in [0.2, 0.25) is 5.88 Å². The summed E-state index contributed by atoms with van der Waals surface area (Å²) in [5.41, 5.74) is 0. The predicted octanol–water partition coefficient (Wildman–Crippen LogP) is 4.87. The summed E-state index contributed by atoms with van der Waals surface area (Å²) in [5, 5.41) is 9.22. The molecule has 3 nitrogen and oxygen atoms in total. The van der Waals surface area contributed by atoms with Gasteiger partial charge < -0.3 is 4.74 Å². The second kappa shape index (κ2) is 5.23. The Kier molecular flexibility index (Phi) is 3.42. The second-order valence-corrected chi connectivity index (χ2v) is 4.76. The Morgan fingerprint density at radius 2 is 1.65 bits per heavy atom. The van der Waals surface area contributed by atoms with Gasteiger partial charge in [0.25, 0.3) is 0 Å². The summed E-state index contributed by atoms with van der Waals surface area (Å²) in [6.07, 6.45) is 0. The van der Waals surface area contributed by atoms with Crippen LogP contribution < -0.4 is 4.74 Å². The van der Waals surface area contributed by atoms with Crippen LogP contribution >= 0.6 is 23.2 Å². The van der Waals surface area contributed by atoms with Crippen LogP contribution in [0.15, 0.2) is 42.5 Å². The smallest absolute Gasteiger partial charge is 0.247 e. The van der Waals surface area contributed by atoms with Crippen LogP contribution in [0, 0.1) is 5.82 Å². The molecule has 20 heavy (non-hydrogen) atoms. The minimum Gasteiger partial charge on any atom is -0.434 e. The van der Waals surface area contributed by atoms with Crippen LogP contribution in [0.4, 0.5) is 4.39 Å². The quantitative estimate of drug-likeness (QED) is 0.677. The van der Waals surface area contributed by atoms with E-state index < -0.39 is 5.82 Å². The SMILES string of the molecule is Fc1c(Cl)cccc1Oc1nnc(Cl)c2ccccc12. The molecule has 6 heteroatoms. The molecule has 0 aliphatic heterocycles. The third-order valence-electron chi connectivity index (χ3n) is 2.73. The van der Waals surface area contributed by atoms with Crippen LogP contribution in [-0.4, -0.2) is 10.2 Å². The van der Waals surface area contributed by atoms with Crippen molar-refractivity contribution in [3.63, 3.8) is 0 Å². The van der Waals surface area contributed by atoms with Gasteiger partial charge in [-0.3, -0.25) is 0 Å². The van der Waals surface area contributed by atoms with E-state index in [2.05, 4.69) is 10.2 Å². The molecule has 0 spiro atoms. The number of benzene rings is 2. The Morgan fingerprint density at radius 1 is 0.900 bits per heavy atom. The first kappa shape index (κ1) is 13.1. The summed E-state index contributed by atoms with van der Waals surface area (Å²) in [6.45, 7) is 0. The molecule has 3 rings (SSSR count). The molecule has 0 saturated carbocycles. The lowest BCUT2D eigenvalue weighted by atomic mass is 10.2. The minimum absolute atomic E-state index is 0.0146. The fourth-order valence-corrected chi connectivity index (χ4v) is 2.16. The number of fused-ring (bicyclic) bond motifs is 1. The van der Waals surface area contributed by atoms with E-state index in [-0.39, 0.29) is 21.8 Å². The number of hydrogen-bond donors (Lipinski definition) is 0. The number of halogens is 3. The van der Waals surface area contributed by atoms with Gasteiger partial charge in [-0.1, -0.05) is 47.5 Å². The van der Waals surface area contributed by atoms with E-state index in [1.165, 1.54) is 12.1 Å². The van der Waals surface area contributed by atoms with Gasteiger partial charge in [-0.2, -0.15) is 0 Å². The highest BCUT2D eigenvalue weighted by Gasteiger charge is 2.13. The van der Waals surface area contributed by atoms with Crippen molar-refractivity contribution < 1.29 is 9.13 Å². The highest BCUT2D eigenvalue weighted by atomic mass is 35.5. The molecule has 0 fully saturated rings. The van der Waals surface area contributed by atoms with E-state index in [1.54, 1.807) is 18.2 Å². The van der Waals surface area contributed by atoms with Gasteiger partial charge in [0.05, 0.1) is 5.02 Å². The molecule has 3 aromatic rings. The first-order chi connectivity index (χ1) is 9.66. The van der Waals surface area contributed by atoms with Crippen LogP contribution in [0.5, 0.6) is 11.6 Å². The highest BCUT2D eigenvalue weighted by molar-refractivity contribution is 6.34. The number of aromatic nitrogens is 2. The predicted molar refractivity (Wildman–Crippen MR) is 76.0 cm³/mol. The fourth-order valence-electron chi connectivity index (χ4n) is 1.79. The van der Waals surface area contributed by atoms with Crippen LogP contribution in [-0.2, 0) is 0 Å². The molecule has 0 N–H and O–H groups in total. The van der Waals surface area contributed by atoms with Gasteiger partial charge in [-0.15, -0.1) is 10.2 Å². The summed E-state index contributed by atoms with van der Waals surface area (Å²) in [7, 11) is 0. The maximum absolute atomic E-state index is 13.8. The molecule has 0 unspecified atom stereocenters. The van der Waals surface area contributed by atoms with Crippen LogP contribution in [0.2, 0.25) is 10.2 Å². The van der Waals surface area contributed by atoms with E-state index in [9.17, 15) is 4.39 Å². The molecular formula is C14H7Cl2FN2O. The molecule has 0 aliphatic rings. The molecule has 0 atom stereocenters. The second-order valence-electron chi connectivity index (χ2n) is 4.00. The molecule has 0 radical (unpaired) electrons. The Bertz CT molecular complexity index is 795. The van der Waals surface area contributed by atoms with Crippen molar-refractivity contribution in [1.29, 1.82) is 0 Å². The zero-order valence-corrected chi connectivity index (χ0v) is 11.5. The average Bonchev–Trinajstić information content (AvgIpc) is 2.47. The normalized spacial score (nSPS) is 10.8. The number of ether oxygens (including phenoxy) is 1. The van der Waals surface area contributed by atoms with E-state index in [1.807, 2.05) is 12.1 Å². The van der Waals surface area contributed by atoms with E-state index in [0.717, 1.165) is 0 Å². The van der Waals surface area contributed by atoms with Gasteiger partial charge in [0.15, 0.2) is 16.7 Å². The van der Waals surface area contributed by atoms with E-state index in [0.29, 0.717) is 10.8 Å². The van der Waals surface area contributed by atoms with Crippen molar-refractivity contribution in [3.05, 3.63) is 58.5 Å². The fraction of sp³-hybridized carbons (Fsp3) is 0. The Balaban J connectivity index is 2.12. The van der Waals surface area contributed by atoms with Crippen molar-refractivity contribution in [3.8, 4) is 11.6 Å². The van der Waals surface area contributed by atoms with E-state index in [4.69, 9.17) is 27.9 Å². The van der Waals surface area contributed by atoms with Gasteiger partial charge >= 0.3 is 0 Å². The minimum atomic E-state index is -0.644. The maximum Gasteiger partial charge on any atom is 0.247 e. The van der Waals surface area contributed by atoms with Crippen LogP contribution in [0.3, 0.4) is 0 Å². The molecule has 1 heterocycles. The molecular weight excluding hydrogens is 302 g/mol. The largest absolute Gasteiger partial charge is 0.434 e. The Hall–Kier alpha value is -1.91. The van der Waals surface area contributed by atoms with Crippen molar-refractivity contribution in [2.24, 2.45) is 0 Å². The first-order valence-electron chi connectivity index (χ1n) is 5.69. The van der Waals surface area contributed by atoms with Gasteiger partial charge in [0, 0.05) is 10.8 Å². The first-order valence-corrected chi connectivity index (χ1v) is 6.45. The molecule has 1 aromatic heterocycles. The molecule has 2 aromatic carbocycles. The maximum atomic E-state index is 13.8. The topological polar surface area (TPSA) is 35.0 Å². The van der Waals surface area contributed by atoms with Gasteiger partial charge in [-0.25, -0.2) is 4.39 Å². The molecule has 0 aliphatic carbocycles. The summed E-state index contributed by atoms with van der Waals surface area (Å²) in [5.74, 6) is -0.486. The van der Waals surface area contributed by atoms with Gasteiger partial charge in [0.1, 0.15) is 0 Å². The number of nitrogens with zero attached hydrogens (tertiary/aromatic N) is 2. The zero-order valence-electron chi connectivity index (χ0n) is 9.98. The monoisotopic (exact) mass is 308 g/mol. The summed E-state index contributed by atoms with van der Waals surface area (Å²) in [4.78, 5) is 0. The van der Waals surface area contributed by atoms with Crippen LogP contribution in [0.25, 0.3) is 10.8 Å². The van der Waals surface area contributed by atoms with Crippen molar-refractivity contribution >= 4 is 34.0 Å². The molecule has 0 amide bonds. The Morgan fingerprint density at radius 3 is 2.45 bits per heavy atom. The summed E-state index contributed by atoms with van der Waals surface area (Å²) < 4.78 is 19.3. The van der Waals surface area contributed by atoms with Crippen LogP contribution in [0.1, 0.15) is 0 Å². The third kappa shape index (κ3) is 2.28. The standard InChI is InChI=1S/C14H7Cl2FN2O/c15-10-6-3-7-11(12(10)17)20-14-9-5-2-1-4-8(9)13(16)18-19-14/h1-7H. The Labute approximate surface area is 123 Å². The number of hydrogen-bond acceptors (Lipinski definition) is 3. The average molecular weight is 309 g/mol. The lowest BCUT2D eigenvalue weighted by Crippen LogP contribution is -1.95. The summed E-state index contributed by atoms with van der Waals surface area (Å²) in [6, 6.07) is 11.7. The molecule has 0 saturated heterocycles. The highest BCUT2D eigenvalue weighted by Crippen LogP contribution is 2.33. The summed E-state index contributed by atoms with van der Waals surface area (Å²) >= 11 is 11.7. The van der Waals surface area contributed by atoms with E-state index >= 15 is 0 Å².